The molecule has 0 aliphatic heterocycles. The number of ether oxygens (including phenoxy) is 1. The lowest BCUT2D eigenvalue weighted by molar-refractivity contribution is -0.153. The van der Waals surface area contributed by atoms with Crippen LogP contribution < -0.4 is 4.74 Å². The molecule has 0 radical (unpaired) electrons. The first-order valence-corrected chi connectivity index (χ1v) is 5.57. The zero-order valence-corrected chi connectivity index (χ0v) is 9.93. The Morgan fingerprint density at radius 1 is 1.47 bits per heavy atom. The van der Waals surface area contributed by atoms with Gasteiger partial charge in [0.05, 0.1) is 13.2 Å². The van der Waals surface area contributed by atoms with Crippen LogP contribution in [0, 0.1) is 6.92 Å². The molecule has 17 heavy (non-hydrogen) atoms. The standard InChI is InChI=1S/C13H16O4/c1-8-4-3-5-10(11(8)17-2)13(12(15)16)6-9(14)7-13/h3-5,9,14H,6-7H2,1-2H3,(H,15,16). The van der Waals surface area contributed by atoms with E-state index in [1.807, 2.05) is 19.1 Å². The SMILES string of the molecule is COc1c(C)cccc1C1(C(=O)O)CC(O)C1. The highest BCUT2D eigenvalue weighted by Gasteiger charge is 2.52. The molecule has 0 unspecified atom stereocenters. The van der Waals surface area contributed by atoms with Gasteiger partial charge in [0.2, 0.25) is 0 Å². The van der Waals surface area contributed by atoms with E-state index in [2.05, 4.69) is 0 Å². The average Bonchev–Trinajstić information content (AvgIpc) is 2.23. The van der Waals surface area contributed by atoms with E-state index in [1.54, 1.807) is 6.07 Å². The third-order valence-electron chi connectivity index (χ3n) is 3.51. The summed E-state index contributed by atoms with van der Waals surface area (Å²) in [5, 5.41) is 18.8. The largest absolute Gasteiger partial charge is 0.496 e. The van der Waals surface area contributed by atoms with Gasteiger partial charge in [-0.2, -0.15) is 0 Å². The van der Waals surface area contributed by atoms with E-state index in [4.69, 9.17) is 4.74 Å². The number of aryl methyl sites for hydroxylation is 1. The number of rotatable bonds is 3. The lowest BCUT2D eigenvalue weighted by Gasteiger charge is -2.42. The smallest absolute Gasteiger partial charge is 0.314 e. The molecule has 0 bridgehead atoms. The Balaban J connectivity index is 2.52. The summed E-state index contributed by atoms with van der Waals surface area (Å²) in [5.41, 5.74) is 0.585. The van der Waals surface area contributed by atoms with E-state index in [0.29, 0.717) is 11.3 Å². The number of hydrogen-bond donors (Lipinski definition) is 2. The number of para-hydroxylation sites is 1. The number of carbonyl (C=O) groups is 1. The monoisotopic (exact) mass is 236 g/mol. The van der Waals surface area contributed by atoms with Crippen LogP contribution in [0.5, 0.6) is 5.75 Å². The molecule has 1 aliphatic rings. The number of aliphatic hydroxyl groups is 1. The molecule has 1 aliphatic carbocycles. The Morgan fingerprint density at radius 3 is 2.59 bits per heavy atom. The molecule has 2 N–H and O–H groups in total. The summed E-state index contributed by atoms with van der Waals surface area (Å²) in [6, 6.07) is 5.47. The second-order valence-corrected chi connectivity index (χ2v) is 4.61. The van der Waals surface area contributed by atoms with Crippen molar-refractivity contribution in [3.05, 3.63) is 29.3 Å². The molecule has 0 aromatic heterocycles. The van der Waals surface area contributed by atoms with Gasteiger partial charge < -0.3 is 14.9 Å². The number of carboxylic acids is 1. The molecule has 4 heteroatoms. The molecule has 1 aromatic carbocycles. The predicted molar refractivity (Wildman–Crippen MR) is 62.3 cm³/mol. The van der Waals surface area contributed by atoms with Crippen LogP contribution in [0.1, 0.15) is 24.0 Å². The quantitative estimate of drug-likeness (QED) is 0.834. The molecule has 0 spiro atoms. The Morgan fingerprint density at radius 2 is 2.12 bits per heavy atom. The van der Waals surface area contributed by atoms with E-state index in [0.717, 1.165) is 5.56 Å². The van der Waals surface area contributed by atoms with Gasteiger partial charge in [0.1, 0.15) is 11.2 Å². The van der Waals surface area contributed by atoms with Crippen molar-refractivity contribution in [3.8, 4) is 5.75 Å². The van der Waals surface area contributed by atoms with Crippen LogP contribution in [-0.2, 0) is 10.2 Å². The fourth-order valence-corrected chi connectivity index (χ4v) is 2.55. The minimum atomic E-state index is -0.989. The van der Waals surface area contributed by atoms with Crippen LogP contribution in [0.2, 0.25) is 0 Å². The zero-order valence-electron chi connectivity index (χ0n) is 9.93. The summed E-state index contributed by atoms with van der Waals surface area (Å²) in [6.45, 7) is 1.88. The first kappa shape index (κ1) is 11.9. The maximum atomic E-state index is 11.5. The van der Waals surface area contributed by atoms with Crippen molar-refractivity contribution in [1.82, 2.24) is 0 Å². The topological polar surface area (TPSA) is 66.8 Å². The molecular weight excluding hydrogens is 220 g/mol. The van der Waals surface area contributed by atoms with Gasteiger partial charge in [0.15, 0.2) is 0 Å². The van der Waals surface area contributed by atoms with Crippen LogP contribution in [-0.4, -0.2) is 29.4 Å². The molecule has 0 saturated heterocycles. The molecule has 0 heterocycles. The predicted octanol–water partition coefficient (Wildman–Crippen LogP) is 1.48. The Kier molecular flexibility index (Phi) is 2.83. The second kappa shape index (κ2) is 4.04. The Labute approximate surface area is 99.8 Å². The fourth-order valence-electron chi connectivity index (χ4n) is 2.55. The van der Waals surface area contributed by atoms with E-state index in [-0.39, 0.29) is 12.8 Å². The molecule has 1 aromatic rings. The van der Waals surface area contributed by atoms with Crippen LogP contribution in [0.25, 0.3) is 0 Å². The Hall–Kier alpha value is -1.55. The molecule has 92 valence electrons. The maximum absolute atomic E-state index is 11.5. The lowest BCUT2D eigenvalue weighted by atomic mass is 9.62. The van der Waals surface area contributed by atoms with Crippen LogP contribution in [0.4, 0.5) is 0 Å². The molecule has 0 amide bonds. The number of methoxy groups -OCH3 is 1. The van der Waals surface area contributed by atoms with Gasteiger partial charge in [-0.25, -0.2) is 0 Å². The van der Waals surface area contributed by atoms with Crippen molar-refractivity contribution in [2.24, 2.45) is 0 Å². The van der Waals surface area contributed by atoms with Gasteiger partial charge in [-0.3, -0.25) is 4.79 Å². The van der Waals surface area contributed by atoms with Gasteiger partial charge >= 0.3 is 5.97 Å². The molecule has 1 fully saturated rings. The van der Waals surface area contributed by atoms with E-state index in [9.17, 15) is 15.0 Å². The number of aliphatic carboxylic acids is 1. The van der Waals surface area contributed by atoms with Crippen LogP contribution in [0.3, 0.4) is 0 Å². The number of carboxylic acid groups (broad SMARTS) is 1. The second-order valence-electron chi connectivity index (χ2n) is 4.61. The van der Waals surface area contributed by atoms with Gasteiger partial charge in [-0.15, -0.1) is 0 Å². The highest BCUT2D eigenvalue weighted by molar-refractivity contribution is 5.84. The molecule has 0 atom stereocenters. The third kappa shape index (κ3) is 1.69. The first-order chi connectivity index (χ1) is 8.01. The van der Waals surface area contributed by atoms with Gasteiger partial charge in [-0.1, -0.05) is 18.2 Å². The highest BCUT2D eigenvalue weighted by Crippen LogP contribution is 2.48. The third-order valence-corrected chi connectivity index (χ3v) is 3.51. The number of hydrogen-bond acceptors (Lipinski definition) is 3. The summed E-state index contributed by atoms with van der Waals surface area (Å²) >= 11 is 0. The van der Waals surface area contributed by atoms with E-state index < -0.39 is 17.5 Å². The molecule has 4 nitrogen and oxygen atoms in total. The van der Waals surface area contributed by atoms with Crippen molar-refractivity contribution in [1.29, 1.82) is 0 Å². The van der Waals surface area contributed by atoms with E-state index >= 15 is 0 Å². The minimum absolute atomic E-state index is 0.252. The van der Waals surface area contributed by atoms with Crippen LogP contribution in [0.15, 0.2) is 18.2 Å². The van der Waals surface area contributed by atoms with Gasteiger partial charge in [0, 0.05) is 5.56 Å². The van der Waals surface area contributed by atoms with Crippen molar-refractivity contribution in [2.75, 3.05) is 7.11 Å². The minimum Gasteiger partial charge on any atom is -0.496 e. The van der Waals surface area contributed by atoms with Gasteiger partial charge in [0.25, 0.3) is 0 Å². The first-order valence-electron chi connectivity index (χ1n) is 5.57. The Bertz CT molecular complexity index is 447. The number of aliphatic hydroxyl groups excluding tert-OH is 1. The van der Waals surface area contributed by atoms with Crippen molar-refractivity contribution in [2.45, 2.75) is 31.3 Å². The highest BCUT2D eigenvalue weighted by atomic mass is 16.5. The van der Waals surface area contributed by atoms with Crippen LogP contribution >= 0.6 is 0 Å². The normalized spacial score (nSPS) is 27.4. The van der Waals surface area contributed by atoms with Gasteiger partial charge in [-0.05, 0) is 25.3 Å². The maximum Gasteiger partial charge on any atom is 0.314 e. The van der Waals surface area contributed by atoms with Crippen molar-refractivity contribution in [3.63, 3.8) is 0 Å². The lowest BCUT2D eigenvalue weighted by Crippen LogP contribution is -2.50. The summed E-state index contributed by atoms with van der Waals surface area (Å²) in [5.74, 6) is -0.284. The summed E-state index contributed by atoms with van der Waals surface area (Å²) in [6.07, 6.45) is -0.0269. The van der Waals surface area contributed by atoms with E-state index in [1.165, 1.54) is 7.11 Å². The summed E-state index contributed by atoms with van der Waals surface area (Å²) < 4.78 is 5.30. The summed E-state index contributed by atoms with van der Waals surface area (Å²) in [4.78, 5) is 11.5. The average molecular weight is 236 g/mol. The molecule has 1 saturated carbocycles. The fraction of sp³-hybridized carbons (Fsp3) is 0.462. The van der Waals surface area contributed by atoms with Crippen molar-refractivity contribution >= 4 is 5.97 Å². The zero-order chi connectivity index (χ0) is 12.6. The molecular formula is C13H16O4. The summed E-state index contributed by atoms with van der Waals surface area (Å²) in [7, 11) is 1.54. The number of benzene rings is 1. The van der Waals surface area contributed by atoms with Crippen molar-refractivity contribution < 1.29 is 19.7 Å². The molecule has 2 rings (SSSR count).